The molecule has 0 N–H and O–H groups in total. The SMILES string of the molecule is Cc1nc(CS(=O)(=O)c2ccc(Cl)cc2)c([N+](=O)[O-])n1C. The van der Waals surface area contributed by atoms with Gasteiger partial charge < -0.3 is 10.1 Å². The first-order valence-electron chi connectivity index (χ1n) is 5.87. The number of hydrogen-bond acceptors (Lipinski definition) is 5. The Labute approximate surface area is 126 Å². The van der Waals surface area contributed by atoms with Gasteiger partial charge in [-0.15, -0.1) is 0 Å². The van der Waals surface area contributed by atoms with Gasteiger partial charge in [0.1, 0.15) is 5.75 Å². The van der Waals surface area contributed by atoms with Crippen molar-refractivity contribution in [3.8, 4) is 0 Å². The Kier molecular flexibility index (Phi) is 4.02. The van der Waals surface area contributed by atoms with E-state index < -0.39 is 20.5 Å². The highest BCUT2D eigenvalue weighted by Gasteiger charge is 2.27. The van der Waals surface area contributed by atoms with Crippen molar-refractivity contribution >= 4 is 27.3 Å². The molecule has 0 aliphatic rings. The minimum Gasteiger partial charge on any atom is -0.358 e. The molecule has 0 fully saturated rings. The molecule has 0 saturated carbocycles. The van der Waals surface area contributed by atoms with Crippen LogP contribution < -0.4 is 0 Å². The predicted molar refractivity (Wildman–Crippen MR) is 76.9 cm³/mol. The third-order valence-electron chi connectivity index (χ3n) is 3.03. The summed E-state index contributed by atoms with van der Waals surface area (Å²) in [6.45, 7) is 1.57. The number of benzene rings is 1. The van der Waals surface area contributed by atoms with Gasteiger partial charge in [0, 0.05) is 11.9 Å². The summed E-state index contributed by atoms with van der Waals surface area (Å²) in [6.07, 6.45) is 0. The van der Waals surface area contributed by atoms with Crippen LogP contribution in [0.15, 0.2) is 29.2 Å². The first-order valence-corrected chi connectivity index (χ1v) is 7.90. The summed E-state index contributed by atoms with van der Waals surface area (Å²) in [4.78, 5) is 14.4. The maximum absolute atomic E-state index is 12.3. The average Bonchev–Trinajstić information content (AvgIpc) is 2.64. The fourth-order valence-corrected chi connectivity index (χ4v) is 3.29. The number of aryl methyl sites for hydroxylation is 1. The van der Waals surface area contributed by atoms with Crippen molar-refractivity contribution in [3.05, 3.63) is 50.9 Å². The van der Waals surface area contributed by atoms with Crippen molar-refractivity contribution in [3.63, 3.8) is 0 Å². The van der Waals surface area contributed by atoms with Crippen LogP contribution in [-0.4, -0.2) is 22.9 Å². The molecule has 0 amide bonds. The number of imidazole rings is 1. The highest BCUT2D eigenvalue weighted by atomic mass is 35.5. The fraction of sp³-hybridized carbons (Fsp3) is 0.250. The molecule has 0 bridgehead atoms. The van der Waals surface area contributed by atoms with Gasteiger partial charge in [-0.2, -0.15) is 0 Å². The minimum absolute atomic E-state index is 0.0458. The first kappa shape index (κ1) is 15.5. The van der Waals surface area contributed by atoms with Gasteiger partial charge in [0.2, 0.25) is 0 Å². The van der Waals surface area contributed by atoms with Gasteiger partial charge in [0.15, 0.2) is 21.4 Å². The molecule has 1 aromatic heterocycles. The van der Waals surface area contributed by atoms with E-state index in [9.17, 15) is 18.5 Å². The van der Waals surface area contributed by atoms with Crippen molar-refractivity contribution in [2.45, 2.75) is 17.6 Å². The molecule has 0 unspecified atom stereocenters. The van der Waals surface area contributed by atoms with Gasteiger partial charge in [0.25, 0.3) is 0 Å². The standard InChI is InChI=1S/C12H12ClN3O4S/c1-8-14-11(12(15(8)2)16(17)18)7-21(19,20)10-5-3-9(13)4-6-10/h3-6H,7H2,1-2H3. The van der Waals surface area contributed by atoms with Gasteiger partial charge in [0.05, 0.1) is 11.9 Å². The van der Waals surface area contributed by atoms with E-state index >= 15 is 0 Å². The van der Waals surface area contributed by atoms with Gasteiger partial charge in [-0.3, -0.25) is 0 Å². The Balaban J connectivity index is 2.44. The number of halogens is 1. The zero-order valence-electron chi connectivity index (χ0n) is 11.3. The topological polar surface area (TPSA) is 95.1 Å². The minimum atomic E-state index is -3.73. The zero-order valence-corrected chi connectivity index (χ0v) is 12.8. The molecular weight excluding hydrogens is 318 g/mol. The molecule has 0 spiro atoms. The van der Waals surface area contributed by atoms with Crippen molar-refractivity contribution in [2.75, 3.05) is 0 Å². The average molecular weight is 330 g/mol. The van der Waals surface area contributed by atoms with E-state index in [1.165, 1.54) is 35.9 Å². The quantitative estimate of drug-likeness (QED) is 0.633. The predicted octanol–water partition coefficient (Wildman–Crippen LogP) is 2.26. The molecule has 0 saturated heterocycles. The van der Waals surface area contributed by atoms with E-state index in [0.717, 1.165) is 0 Å². The smallest absolute Gasteiger partial charge is 0.346 e. The number of hydrogen-bond donors (Lipinski definition) is 0. The summed E-state index contributed by atoms with van der Waals surface area (Å²) in [6, 6.07) is 5.62. The lowest BCUT2D eigenvalue weighted by molar-refractivity contribution is -0.392. The van der Waals surface area contributed by atoms with E-state index in [2.05, 4.69) is 4.98 Å². The van der Waals surface area contributed by atoms with Gasteiger partial charge in [-0.1, -0.05) is 11.6 Å². The van der Waals surface area contributed by atoms with Crippen molar-refractivity contribution in [2.24, 2.45) is 7.05 Å². The van der Waals surface area contributed by atoms with Crippen LogP contribution in [0.4, 0.5) is 5.82 Å². The Hall–Kier alpha value is -1.93. The highest BCUT2D eigenvalue weighted by molar-refractivity contribution is 7.90. The van der Waals surface area contributed by atoms with Gasteiger partial charge in [-0.05, 0) is 29.2 Å². The Bertz CT molecular complexity index is 797. The van der Waals surface area contributed by atoms with E-state index in [4.69, 9.17) is 11.6 Å². The van der Waals surface area contributed by atoms with Crippen LogP contribution >= 0.6 is 11.6 Å². The van der Waals surface area contributed by atoms with Crippen molar-refractivity contribution < 1.29 is 13.3 Å². The van der Waals surface area contributed by atoms with Crippen LogP contribution in [-0.2, 0) is 22.6 Å². The summed E-state index contributed by atoms with van der Waals surface area (Å²) < 4.78 is 25.8. The second-order valence-corrected chi connectivity index (χ2v) is 6.88. The second-order valence-electron chi connectivity index (χ2n) is 4.46. The van der Waals surface area contributed by atoms with Crippen LogP contribution in [0.3, 0.4) is 0 Å². The Morgan fingerprint density at radius 3 is 2.43 bits per heavy atom. The number of nitrogens with zero attached hydrogens (tertiary/aromatic N) is 3. The Morgan fingerprint density at radius 1 is 1.33 bits per heavy atom. The first-order chi connectivity index (χ1) is 9.72. The van der Waals surface area contributed by atoms with Crippen molar-refractivity contribution in [1.82, 2.24) is 9.55 Å². The van der Waals surface area contributed by atoms with E-state index in [-0.39, 0.29) is 16.4 Å². The molecule has 7 nitrogen and oxygen atoms in total. The second kappa shape index (κ2) is 5.45. The molecule has 112 valence electrons. The number of rotatable bonds is 4. The number of sulfone groups is 1. The number of aromatic nitrogens is 2. The molecule has 1 aromatic carbocycles. The van der Waals surface area contributed by atoms with Crippen LogP contribution in [0.2, 0.25) is 5.02 Å². The largest absolute Gasteiger partial charge is 0.358 e. The summed E-state index contributed by atoms with van der Waals surface area (Å²) in [7, 11) is -2.26. The molecule has 2 rings (SSSR count). The van der Waals surface area contributed by atoms with Crippen molar-refractivity contribution in [1.29, 1.82) is 0 Å². The summed E-state index contributed by atoms with van der Waals surface area (Å²) in [5, 5.41) is 11.5. The molecular formula is C12H12ClN3O4S. The summed E-state index contributed by atoms with van der Waals surface area (Å²) >= 11 is 5.71. The van der Waals surface area contributed by atoms with E-state index in [1.807, 2.05) is 0 Å². The lowest BCUT2D eigenvalue weighted by Gasteiger charge is -2.03. The molecule has 0 aliphatic heterocycles. The molecule has 2 aromatic rings. The van der Waals surface area contributed by atoms with Gasteiger partial charge >= 0.3 is 5.82 Å². The third-order valence-corrected chi connectivity index (χ3v) is 4.93. The maximum Gasteiger partial charge on any atom is 0.346 e. The zero-order chi connectivity index (χ0) is 15.8. The lowest BCUT2D eigenvalue weighted by atomic mass is 10.4. The van der Waals surface area contributed by atoms with E-state index in [0.29, 0.717) is 10.8 Å². The maximum atomic E-state index is 12.3. The number of nitro groups is 1. The third kappa shape index (κ3) is 3.06. The fourth-order valence-electron chi connectivity index (χ4n) is 1.90. The summed E-state index contributed by atoms with van der Waals surface area (Å²) in [5.41, 5.74) is -0.0741. The molecule has 21 heavy (non-hydrogen) atoms. The van der Waals surface area contributed by atoms with Gasteiger partial charge in [-0.25, -0.2) is 18.0 Å². The van der Waals surface area contributed by atoms with Crippen LogP contribution in [0.5, 0.6) is 0 Å². The molecule has 0 atom stereocenters. The monoisotopic (exact) mass is 329 g/mol. The highest BCUT2D eigenvalue weighted by Crippen LogP contribution is 2.24. The normalized spacial score (nSPS) is 11.6. The molecule has 9 heteroatoms. The van der Waals surface area contributed by atoms with Crippen LogP contribution in [0, 0.1) is 17.0 Å². The van der Waals surface area contributed by atoms with E-state index in [1.54, 1.807) is 6.92 Å². The molecule has 0 aliphatic carbocycles. The molecule has 1 heterocycles. The molecule has 0 radical (unpaired) electrons. The van der Waals surface area contributed by atoms with Crippen LogP contribution in [0.25, 0.3) is 0 Å². The Morgan fingerprint density at radius 2 is 1.90 bits per heavy atom. The summed E-state index contributed by atoms with van der Waals surface area (Å²) in [5.74, 6) is -0.472. The van der Waals surface area contributed by atoms with Crippen LogP contribution in [0.1, 0.15) is 11.5 Å². The lowest BCUT2D eigenvalue weighted by Crippen LogP contribution is -2.08.